The maximum absolute atomic E-state index is 13.7. The summed E-state index contributed by atoms with van der Waals surface area (Å²) in [6, 6.07) is 9.78. The van der Waals surface area contributed by atoms with Crippen molar-refractivity contribution in [1.82, 2.24) is 4.90 Å². The SMILES string of the molecule is Cc1c(Br)sc2c1C(=O)N(C(C)(C)C(=O)OC(C)(C)C)C(O)N2C[C@H](OC(C)C)c1ccccc1. The van der Waals surface area contributed by atoms with Gasteiger partial charge in [-0.1, -0.05) is 30.3 Å². The number of rotatable bonds is 7. The number of carbonyl (C=O) groups is 2. The average molecular weight is 568 g/mol. The summed E-state index contributed by atoms with van der Waals surface area (Å²) in [6.45, 7) is 14.6. The molecule has 0 bridgehead atoms. The maximum Gasteiger partial charge on any atom is 0.332 e. The van der Waals surface area contributed by atoms with Crippen molar-refractivity contribution in [3.05, 3.63) is 50.8 Å². The van der Waals surface area contributed by atoms with Crippen LogP contribution in [-0.4, -0.2) is 52.0 Å². The Morgan fingerprint density at radius 3 is 2.31 bits per heavy atom. The molecule has 1 aromatic carbocycles. The van der Waals surface area contributed by atoms with E-state index in [9.17, 15) is 14.7 Å². The minimum absolute atomic E-state index is 0.0608. The Morgan fingerprint density at radius 2 is 1.77 bits per heavy atom. The molecule has 1 amide bonds. The molecule has 7 nitrogen and oxygen atoms in total. The van der Waals surface area contributed by atoms with Gasteiger partial charge in [0.1, 0.15) is 22.2 Å². The lowest BCUT2D eigenvalue weighted by atomic mass is 9.98. The third-order valence-electron chi connectivity index (χ3n) is 5.74. The topological polar surface area (TPSA) is 79.3 Å². The van der Waals surface area contributed by atoms with E-state index in [0.29, 0.717) is 10.6 Å². The van der Waals surface area contributed by atoms with Crippen LogP contribution in [0.25, 0.3) is 0 Å². The molecule has 9 heteroatoms. The highest BCUT2D eigenvalue weighted by Gasteiger charge is 2.51. The molecule has 0 saturated carbocycles. The summed E-state index contributed by atoms with van der Waals surface area (Å²) < 4.78 is 12.7. The lowest BCUT2D eigenvalue weighted by Crippen LogP contribution is -2.66. The van der Waals surface area contributed by atoms with Crippen LogP contribution in [0.5, 0.6) is 0 Å². The number of benzene rings is 1. The molecule has 0 saturated heterocycles. The first kappa shape index (κ1) is 27.6. The highest BCUT2D eigenvalue weighted by molar-refractivity contribution is 9.11. The number of nitrogens with zero attached hydrogens (tertiary/aromatic N) is 2. The normalized spacial score (nSPS) is 17.6. The van der Waals surface area contributed by atoms with Crippen molar-refractivity contribution in [1.29, 1.82) is 0 Å². The lowest BCUT2D eigenvalue weighted by Gasteiger charge is -2.48. The van der Waals surface area contributed by atoms with Gasteiger partial charge in [0.15, 0.2) is 0 Å². The quantitative estimate of drug-likeness (QED) is 0.436. The van der Waals surface area contributed by atoms with Crippen molar-refractivity contribution in [3.63, 3.8) is 0 Å². The summed E-state index contributed by atoms with van der Waals surface area (Å²) in [5.74, 6) is -1.01. The summed E-state index contributed by atoms with van der Waals surface area (Å²) in [5.41, 5.74) is 0.00506. The number of aliphatic hydroxyl groups excluding tert-OH is 1. The monoisotopic (exact) mass is 566 g/mol. The molecule has 2 heterocycles. The van der Waals surface area contributed by atoms with E-state index in [1.54, 1.807) is 39.5 Å². The summed E-state index contributed by atoms with van der Waals surface area (Å²) >= 11 is 4.94. The van der Waals surface area contributed by atoms with Crippen LogP contribution in [0.2, 0.25) is 0 Å². The van der Waals surface area contributed by atoms with Gasteiger partial charge in [0.2, 0.25) is 6.35 Å². The first-order chi connectivity index (χ1) is 16.1. The number of aliphatic hydroxyl groups is 1. The number of anilines is 1. The van der Waals surface area contributed by atoms with E-state index in [4.69, 9.17) is 9.47 Å². The second-order valence-electron chi connectivity index (χ2n) is 10.5. The molecule has 1 unspecified atom stereocenters. The molecule has 1 aromatic heterocycles. The van der Waals surface area contributed by atoms with Crippen molar-refractivity contribution in [2.75, 3.05) is 11.4 Å². The maximum atomic E-state index is 13.7. The Morgan fingerprint density at radius 1 is 1.17 bits per heavy atom. The van der Waals surface area contributed by atoms with Crippen molar-refractivity contribution >= 4 is 44.1 Å². The standard InChI is InChI=1S/C26H35BrN2O5S/c1-15(2)33-18(17-12-10-9-11-13-17)14-28-22-19(16(3)20(27)35-22)21(30)29(24(28)32)26(7,8)23(31)34-25(4,5)6/h9-13,15,18,24,32H,14H2,1-8H3/t18-,24?/m0/s1. The molecule has 3 rings (SSSR count). The van der Waals surface area contributed by atoms with Crippen LogP contribution in [0, 0.1) is 6.92 Å². The molecule has 192 valence electrons. The van der Waals surface area contributed by atoms with Gasteiger partial charge in [-0.3, -0.25) is 9.69 Å². The molecule has 1 N–H and O–H groups in total. The molecular formula is C26H35BrN2O5S. The van der Waals surface area contributed by atoms with Gasteiger partial charge in [-0.05, 0) is 82.4 Å². The second-order valence-corrected chi connectivity index (χ2v) is 12.8. The van der Waals surface area contributed by atoms with Gasteiger partial charge in [0.25, 0.3) is 5.91 Å². The van der Waals surface area contributed by atoms with Crippen LogP contribution in [0.1, 0.15) is 76.1 Å². The van der Waals surface area contributed by atoms with Crippen molar-refractivity contribution in [2.24, 2.45) is 0 Å². The summed E-state index contributed by atoms with van der Waals surface area (Å²) in [4.78, 5) is 29.9. The van der Waals surface area contributed by atoms with E-state index in [2.05, 4.69) is 15.9 Å². The molecule has 0 aliphatic carbocycles. The van der Waals surface area contributed by atoms with Crippen LogP contribution in [0.15, 0.2) is 34.1 Å². The fraction of sp³-hybridized carbons (Fsp3) is 0.538. The van der Waals surface area contributed by atoms with E-state index in [1.165, 1.54) is 16.2 Å². The number of halogens is 1. The van der Waals surface area contributed by atoms with Crippen molar-refractivity contribution in [2.45, 2.75) is 85.1 Å². The van der Waals surface area contributed by atoms with E-state index in [1.807, 2.05) is 51.1 Å². The Hall–Kier alpha value is -1.94. The molecule has 1 aliphatic heterocycles. The Bertz CT molecular complexity index is 1080. The molecular weight excluding hydrogens is 532 g/mol. The number of thiophene rings is 1. The van der Waals surface area contributed by atoms with Crippen LogP contribution < -0.4 is 4.90 Å². The first-order valence-corrected chi connectivity index (χ1v) is 13.3. The number of fused-ring (bicyclic) bond motifs is 1. The predicted molar refractivity (Wildman–Crippen MR) is 142 cm³/mol. The van der Waals surface area contributed by atoms with Gasteiger partial charge in [-0.2, -0.15) is 0 Å². The Balaban J connectivity index is 2.09. The van der Waals surface area contributed by atoms with E-state index < -0.39 is 29.4 Å². The number of ether oxygens (including phenoxy) is 2. The Kier molecular flexibility index (Phi) is 8.06. The molecule has 2 atom stereocenters. The zero-order chi connectivity index (χ0) is 26.3. The number of amides is 1. The summed E-state index contributed by atoms with van der Waals surface area (Å²) in [7, 11) is 0. The number of esters is 1. The molecule has 0 fully saturated rings. The second kappa shape index (κ2) is 10.2. The largest absolute Gasteiger partial charge is 0.458 e. The highest BCUT2D eigenvalue weighted by Crippen LogP contribution is 2.46. The van der Waals surface area contributed by atoms with Gasteiger partial charge >= 0.3 is 5.97 Å². The van der Waals surface area contributed by atoms with E-state index in [-0.39, 0.29) is 18.8 Å². The molecule has 35 heavy (non-hydrogen) atoms. The van der Waals surface area contributed by atoms with Gasteiger partial charge in [-0.15, -0.1) is 11.3 Å². The van der Waals surface area contributed by atoms with Gasteiger partial charge in [0.05, 0.1) is 22.0 Å². The van der Waals surface area contributed by atoms with Crippen LogP contribution in [0.3, 0.4) is 0 Å². The van der Waals surface area contributed by atoms with Crippen LogP contribution in [-0.2, 0) is 14.3 Å². The third kappa shape index (κ3) is 5.74. The minimum Gasteiger partial charge on any atom is -0.458 e. The third-order valence-corrected chi connectivity index (χ3v) is 7.94. The van der Waals surface area contributed by atoms with Crippen molar-refractivity contribution < 1.29 is 24.2 Å². The first-order valence-electron chi connectivity index (χ1n) is 11.7. The van der Waals surface area contributed by atoms with E-state index >= 15 is 0 Å². The van der Waals surface area contributed by atoms with Gasteiger partial charge < -0.3 is 19.5 Å². The molecule has 2 aromatic rings. The Labute approximate surface area is 220 Å². The number of carbonyl (C=O) groups excluding carboxylic acids is 2. The summed E-state index contributed by atoms with van der Waals surface area (Å²) in [5, 5.41) is 12.3. The predicted octanol–water partition coefficient (Wildman–Crippen LogP) is 5.64. The smallest absolute Gasteiger partial charge is 0.332 e. The van der Waals surface area contributed by atoms with E-state index in [0.717, 1.165) is 14.9 Å². The van der Waals surface area contributed by atoms with Gasteiger partial charge in [-0.25, -0.2) is 4.79 Å². The highest BCUT2D eigenvalue weighted by atomic mass is 79.9. The summed E-state index contributed by atoms with van der Waals surface area (Å²) in [6.07, 6.45) is -1.83. The zero-order valence-corrected chi connectivity index (χ0v) is 24.0. The fourth-order valence-electron chi connectivity index (χ4n) is 4.02. The molecule has 0 spiro atoms. The van der Waals surface area contributed by atoms with Crippen LogP contribution >= 0.6 is 27.3 Å². The zero-order valence-electron chi connectivity index (χ0n) is 21.6. The molecule has 1 aliphatic rings. The number of hydrogen-bond donors (Lipinski definition) is 1. The fourth-order valence-corrected chi connectivity index (χ4v) is 5.73. The number of hydrogen-bond acceptors (Lipinski definition) is 7. The van der Waals surface area contributed by atoms with Crippen molar-refractivity contribution in [3.8, 4) is 0 Å². The van der Waals surface area contributed by atoms with Gasteiger partial charge in [0, 0.05) is 0 Å². The molecule has 0 radical (unpaired) electrons. The average Bonchev–Trinajstić information content (AvgIpc) is 3.03. The van der Waals surface area contributed by atoms with Crippen LogP contribution in [0.4, 0.5) is 5.00 Å². The minimum atomic E-state index is -1.43. The lowest BCUT2D eigenvalue weighted by molar-refractivity contribution is -0.172.